The lowest BCUT2D eigenvalue weighted by molar-refractivity contribution is 0.834. The number of hydrogen-bond donors (Lipinski definition) is 0. The van der Waals surface area contributed by atoms with E-state index in [4.69, 9.17) is 4.98 Å². The molecule has 0 saturated carbocycles. The van der Waals surface area contributed by atoms with Crippen LogP contribution in [0.2, 0.25) is 0 Å². The second kappa shape index (κ2) is 9.16. The van der Waals surface area contributed by atoms with Crippen molar-refractivity contribution in [2.45, 2.75) is 79.1 Å². The minimum Gasteiger partial charge on any atom is -0.248 e. The monoisotopic (exact) mass is 399 g/mol. The summed E-state index contributed by atoms with van der Waals surface area (Å²) < 4.78 is 0. The molecule has 1 heterocycles. The zero-order chi connectivity index (χ0) is 22.0. The molecule has 3 aromatic rings. The van der Waals surface area contributed by atoms with E-state index in [1.165, 1.54) is 33.4 Å². The number of hydrogen-bond acceptors (Lipinski definition) is 1. The van der Waals surface area contributed by atoms with E-state index in [0.29, 0.717) is 23.7 Å². The highest BCUT2D eigenvalue weighted by atomic mass is 14.7. The van der Waals surface area contributed by atoms with Gasteiger partial charge in [-0.1, -0.05) is 73.6 Å². The van der Waals surface area contributed by atoms with Crippen LogP contribution in [0.3, 0.4) is 0 Å². The van der Waals surface area contributed by atoms with Crippen molar-refractivity contribution in [1.29, 1.82) is 0 Å². The third kappa shape index (κ3) is 5.01. The van der Waals surface area contributed by atoms with Crippen LogP contribution in [-0.4, -0.2) is 4.98 Å². The van der Waals surface area contributed by atoms with Gasteiger partial charge in [-0.15, -0.1) is 0 Å². The summed E-state index contributed by atoms with van der Waals surface area (Å²) in [4.78, 5) is 5.12. The average Bonchev–Trinajstić information content (AvgIpc) is 2.73. The van der Waals surface area contributed by atoms with Gasteiger partial charge in [0.05, 0.1) is 11.4 Å². The van der Waals surface area contributed by atoms with Crippen LogP contribution < -0.4 is 0 Å². The Labute approximate surface area is 183 Å². The van der Waals surface area contributed by atoms with Crippen LogP contribution in [0.25, 0.3) is 22.5 Å². The van der Waals surface area contributed by atoms with E-state index in [2.05, 4.69) is 110 Å². The molecule has 0 aliphatic heterocycles. The molecule has 0 N–H and O–H groups in total. The van der Waals surface area contributed by atoms with Crippen molar-refractivity contribution in [3.05, 3.63) is 76.9 Å². The Balaban J connectivity index is 2.12. The van der Waals surface area contributed by atoms with Crippen molar-refractivity contribution in [1.82, 2.24) is 4.98 Å². The molecule has 0 aliphatic rings. The summed E-state index contributed by atoms with van der Waals surface area (Å²) >= 11 is 0. The zero-order valence-electron chi connectivity index (χ0n) is 20.0. The van der Waals surface area contributed by atoms with Gasteiger partial charge in [-0.3, -0.25) is 0 Å². The standard InChI is InChI=1S/C29H37N/c1-18(2)22-12-23(19(3)4)15-26(14-22)28-10-9-11-29(30-28)27-16-24(20(5)6)13-25(17-27)21(7)8/h9-21H,1-8H3. The molecule has 0 aliphatic carbocycles. The summed E-state index contributed by atoms with van der Waals surface area (Å²) in [6.45, 7) is 18.1. The van der Waals surface area contributed by atoms with Crippen LogP contribution in [0.4, 0.5) is 0 Å². The van der Waals surface area contributed by atoms with E-state index in [1.807, 2.05) is 0 Å². The predicted octanol–water partition coefficient (Wildman–Crippen LogP) is 8.91. The molecule has 30 heavy (non-hydrogen) atoms. The fourth-order valence-electron chi connectivity index (χ4n) is 3.74. The molecular weight excluding hydrogens is 362 g/mol. The summed E-state index contributed by atoms with van der Waals surface area (Å²) in [6.07, 6.45) is 0. The van der Waals surface area contributed by atoms with E-state index in [1.54, 1.807) is 0 Å². The molecule has 158 valence electrons. The first-order chi connectivity index (χ1) is 14.2. The van der Waals surface area contributed by atoms with Crippen LogP contribution in [0, 0.1) is 0 Å². The lowest BCUT2D eigenvalue weighted by atomic mass is 9.91. The van der Waals surface area contributed by atoms with Crippen LogP contribution in [-0.2, 0) is 0 Å². The van der Waals surface area contributed by atoms with Crippen LogP contribution in [0.1, 0.15) is 101 Å². The Morgan fingerprint density at radius 1 is 0.467 bits per heavy atom. The first kappa shape index (κ1) is 22.3. The van der Waals surface area contributed by atoms with Crippen molar-refractivity contribution in [2.24, 2.45) is 0 Å². The zero-order valence-corrected chi connectivity index (χ0v) is 20.0. The van der Waals surface area contributed by atoms with Crippen molar-refractivity contribution < 1.29 is 0 Å². The lowest BCUT2D eigenvalue weighted by Crippen LogP contribution is -1.98. The fraction of sp³-hybridized carbons (Fsp3) is 0.414. The Morgan fingerprint density at radius 2 is 0.767 bits per heavy atom. The van der Waals surface area contributed by atoms with E-state index >= 15 is 0 Å². The van der Waals surface area contributed by atoms with Gasteiger partial charge in [0, 0.05) is 11.1 Å². The molecule has 0 saturated heterocycles. The maximum atomic E-state index is 5.12. The fourth-order valence-corrected chi connectivity index (χ4v) is 3.74. The Morgan fingerprint density at radius 3 is 1.03 bits per heavy atom. The SMILES string of the molecule is CC(C)c1cc(-c2cccc(-c3cc(C(C)C)cc(C(C)C)c3)n2)cc(C(C)C)c1. The topological polar surface area (TPSA) is 12.9 Å². The second-order valence-electron chi connectivity index (χ2n) is 9.80. The Hall–Kier alpha value is -2.41. The molecule has 0 amide bonds. The number of pyridine rings is 1. The molecule has 3 rings (SSSR count). The van der Waals surface area contributed by atoms with Gasteiger partial charge in [0.25, 0.3) is 0 Å². The molecular formula is C29H37N. The lowest BCUT2D eigenvalue weighted by Gasteiger charge is -2.16. The largest absolute Gasteiger partial charge is 0.248 e. The summed E-state index contributed by atoms with van der Waals surface area (Å²) in [6, 6.07) is 20.4. The van der Waals surface area contributed by atoms with E-state index in [9.17, 15) is 0 Å². The maximum absolute atomic E-state index is 5.12. The van der Waals surface area contributed by atoms with E-state index < -0.39 is 0 Å². The first-order valence-corrected chi connectivity index (χ1v) is 11.4. The third-order valence-electron chi connectivity index (χ3n) is 5.96. The van der Waals surface area contributed by atoms with Crippen LogP contribution in [0.15, 0.2) is 54.6 Å². The average molecular weight is 400 g/mol. The number of benzene rings is 2. The van der Waals surface area contributed by atoms with Crippen molar-refractivity contribution in [3.63, 3.8) is 0 Å². The van der Waals surface area contributed by atoms with Gasteiger partial charge in [-0.25, -0.2) is 4.98 Å². The highest BCUT2D eigenvalue weighted by molar-refractivity contribution is 5.68. The Bertz CT molecular complexity index is 877. The van der Waals surface area contributed by atoms with Gasteiger partial charge in [0.1, 0.15) is 0 Å². The van der Waals surface area contributed by atoms with Gasteiger partial charge in [0.2, 0.25) is 0 Å². The summed E-state index contributed by atoms with van der Waals surface area (Å²) in [5.74, 6) is 2.01. The maximum Gasteiger partial charge on any atom is 0.0709 e. The molecule has 0 atom stereocenters. The molecule has 0 spiro atoms. The van der Waals surface area contributed by atoms with Crippen molar-refractivity contribution in [3.8, 4) is 22.5 Å². The van der Waals surface area contributed by atoms with Gasteiger partial charge < -0.3 is 0 Å². The number of rotatable bonds is 6. The minimum atomic E-state index is 0.502. The molecule has 1 heteroatoms. The normalized spacial score (nSPS) is 11.9. The Kier molecular flexibility index (Phi) is 6.81. The van der Waals surface area contributed by atoms with Crippen LogP contribution >= 0.6 is 0 Å². The van der Waals surface area contributed by atoms with E-state index in [-0.39, 0.29) is 0 Å². The van der Waals surface area contributed by atoms with Crippen molar-refractivity contribution in [2.75, 3.05) is 0 Å². The molecule has 1 aromatic heterocycles. The molecule has 1 nitrogen and oxygen atoms in total. The predicted molar refractivity (Wildman–Crippen MR) is 131 cm³/mol. The first-order valence-electron chi connectivity index (χ1n) is 11.4. The van der Waals surface area contributed by atoms with Gasteiger partial charge in [-0.05, 0) is 82.3 Å². The molecule has 0 radical (unpaired) electrons. The van der Waals surface area contributed by atoms with Crippen LogP contribution in [0.5, 0.6) is 0 Å². The quantitative estimate of drug-likeness (QED) is 0.403. The van der Waals surface area contributed by atoms with Gasteiger partial charge in [0.15, 0.2) is 0 Å². The summed E-state index contributed by atoms with van der Waals surface area (Å²) in [7, 11) is 0. The number of aromatic nitrogens is 1. The highest BCUT2D eigenvalue weighted by Crippen LogP contribution is 2.32. The smallest absolute Gasteiger partial charge is 0.0709 e. The molecule has 0 fully saturated rings. The highest BCUT2D eigenvalue weighted by Gasteiger charge is 2.12. The summed E-state index contributed by atoms with van der Waals surface area (Å²) in [5.41, 5.74) is 10.1. The molecule has 2 aromatic carbocycles. The van der Waals surface area contributed by atoms with Gasteiger partial charge >= 0.3 is 0 Å². The van der Waals surface area contributed by atoms with E-state index in [0.717, 1.165) is 11.4 Å². The minimum absolute atomic E-state index is 0.502. The van der Waals surface area contributed by atoms with Gasteiger partial charge in [-0.2, -0.15) is 0 Å². The third-order valence-corrected chi connectivity index (χ3v) is 5.96. The van der Waals surface area contributed by atoms with Crippen molar-refractivity contribution >= 4 is 0 Å². The molecule has 0 bridgehead atoms. The molecule has 0 unspecified atom stereocenters. The second-order valence-corrected chi connectivity index (χ2v) is 9.80. The number of nitrogens with zero attached hydrogens (tertiary/aromatic N) is 1. The summed E-state index contributed by atoms with van der Waals surface area (Å²) in [5, 5.41) is 0.